The van der Waals surface area contributed by atoms with Crippen molar-refractivity contribution >= 4 is 29.6 Å². The number of carbonyl (C=O) groups excluding carboxylic acids is 4. The molecular formula is C19H20N2O8. The van der Waals surface area contributed by atoms with Crippen molar-refractivity contribution in [3.8, 4) is 5.75 Å². The highest BCUT2D eigenvalue weighted by Crippen LogP contribution is 2.33. The van der Waals surface area contributed by atoms with Crippen molar-refractivity contribution in [2.24, 2.45) is 0 Å². The van der Waals surface area contributed by atoms with E-state index in [2.05, 4.69) is 5.32 Å². The Balaban J connectivity index is 1.63. The van der Waals surface area contributed by atoms with Crippen molar-refractivity contribution in [3.63, 3.8) is 0 Å². The molecule has 1 unspecified atom stereocenters. The van der Waals surface area contributed by atoms with Gasteiger partial charge in [0.15, 0.2) is 0 Å². The second kappa shape index (κ2) is 8.82. The molecule has 2 heterocycles. The van der Waals surface area contributed by atoms with E-state index in [1.807, 2.05) is 0 Å². The standard InChI is InChI=1S/C19H20N2O8/c22-14-7-6-12(17(25)20-14)21-18(26)11-4-3-5-13(16(11)19(21)27)29-9-2-1-8-28-10-15(23)24/h3-5,12H,1-2,6-10H2,(H,23,24)(H,20,22,25). The van der Waals surface area contributed by atoms with E-state index in [9.17, 15) is 24.0 Å². The van der Waals surface area contributed by atoms with Crippen LogP contribution in [0.1, 0.15) is 46.4 Å². The molecular weight excluding hydrogens is 384 g/mol. The molecule has 154 valence electrons. The number of amides is 4. The summed E-state index contributed by atoms with van der Waals surface area (Å²) < 4.78 is 10.6. The zero-order chi connectivity index (χ0) is 21.0. The highest BCUT2D eigenvalue weighted by Gasteiger charge is 2.45. The molecule has 0 bridgehead atoms. The van der Waals surface area contributed by atoms with E-state index in [-0.39, 0.29) is 49.5 Å². The van der Waals surface area contributed by atoms with Crippen LogP contribution >= 0.6 is 0 Å². The van der Waals surface area contributed by atoms with Gasteiger partial charge in [-0.1, -0.05) is 6.07 Å². The second-order valence-corrected chi connectivity index (χ2v) is 6.63. The average molecular weight is 404 g/mol. The summed E-state index contributed by atoms with van der Waals surface area (Å²) in [4.78, 5) is 60.3. The number of piperidine rings is 1. The molecule has 0 spiro atoms. The van der Waals surface area contributed by atoms with Crippen LogP contribution in [-0.2, 0) is 19.1 Å². The maximum atomic E-state index is 12.9. The van der Waals surface area contributed by atoms with E-state index in [0.29, 0.717) is 12.8 Å². The van der Waals surface area contributed by atoms with Gasteiger partial charge >= 0.3 is 5.97 Å². The van der Waals surface area contributed by atoms with Crippen LogP contribution in [0.15, 0.2) is 18.2 Å². The molecule has 0 aromatic heterocycles. The van der Waals surface area contributed by atoms with Crippen LogP contribution in [0.25, 0.3) is 0 Å². The number of nitrogens with zero attached hydrogens (tertiary/aromatic N) is 1. The van der Waals surface area contributed by atoms with E-state index in [1.165, 1.54) is 6.07 Å². The lowest BCUT2D eigenvalue weighted by molar-refractivity contribution is -0.142. The number of unbranched alkanes of at least 4 members (excludes halogenated alkanes) is 1. The molecule has 2 N–H and O–H groups in total. The Labute approximate surface area is 165 Å². The number of nitrogens with one attached hydrogen (secondary N) is 1. The molecule has 1 aromatic rings. The Bertz CT molecular complexity index is 866. The van der Waals surface area contributed by atoms with Crippen LogP contribution in [-0.4, -0.2) is 65.5 Å². The lowest BCUT2D eigenvalue weighted by Crippen LogP contribution is -2.54. The molecule has 2 aliphatic rings. The molecule has 0 saturated carbocycles. The first-order valence-corrected chi connectivity index (χ1v) is 9.17. The Kier molecular flexibility index (Phi) is 6.23. The lowest BCUT2D eigenvalue weighted by Gasteiger charge is -2.27. The molecule has 10 nitrogen and oxygen atoms in total. The van der Waals surface area contributed by atoms with Gasteiger partial charge in [-0.15, -0.1) is 0 Å². The van der Waals surface area contributed by atoms with Gasteiger partial charge in [0.1, 0.15) is 18.4 Å². The molecule has 10 heteroatoms. The van der Waals surface area contributed by atoms with Gasteiger partial charge in [0, 0.05) is 13.0 Å². The first-order chi connectivity index (χ1) is 13.9. The Hall–Kier alpha value is -3.27. The smallest absolute Gasteiger partial charge is 0.329 e. The summed E-state index contributed by atoms with van der Waals surface area (Å²) in [6.07, 6.45) is 1.26. The number of rotatable bonds is 9. The van der Waals surface area contributed by atoms with Gasteiger partial charge in [-0.25, -0.2) is 4.79 Å². The number of hydrogen-bond donors (Lipinski definition) is 2. The summed E-state index contributed by atoms with van der Waals surface area (Å²) in [5, 5.41) is 10.6. The Morgan fingerprint density at radius 2 is 1.90 bits per heavy atom. The van der Waals surface area contributed by atoms with Crippen LogP contribution in [0.4, 0.5) is 0 Å². The van der Waals surface area contributed by atoms with E-state index in [0.717, 1.165) is 4.90 Å². The molecule has 2 aliphatic heterocycles. The number of carbonyl (C=O) groups is 5. The van der Waals surface area contributed by atoms with Gasteiger partial charge in [0.2, 0.25) is 11.8 Å². The number of hydrogen-bond acceptors (Lipinski definition) is 7. The fraction of sp³-hybridized carbons (Fsp3) is 0.421. The fourth-order valence-corrected chi connectivity index (χ4v) is 3.25. The minimum absolute atomic E-state index is 0.0527. The van der Waals surface area contributed by atoms with Crippen LogP contribution in [0, 0.1) is 0 Å². The van der Waals surface area contributed by atoms with E-state index in [1.54, 1.807) is 12.1 Å². The average Bonchev–Trinajstić information content (AvgIpc) is 2.92. The minimum Gasteiger partial charge on any atom is -0.493 e. The van der Waals surface area contributed by atoms with Crippen molar-refractivity contribution < 1.29 is 38.6 Å². The fourth-order valence-electron chi connectivity index (χ4n) is 3.25. The van der Waals surface area contributed by atoms with Crippen molar-refractivity contribution in [3.05, 3.63) is 29.3 Å². The zero-order valence-corrected chi connectivity index (χ0v) is 15.5. The highest BCUT2D eigenvalue weighted by molar-refractivity contribution is 6.24. The summed E-state index contributed by atoms with van der Waals surface area (Å²) in [5.41, 5.74) is 0.256. The topological polar surface area (TPSA) is 139 Å². The molecule has 0 radical (unpaired) electrons. The normalized spacial score (nSPS) is 18.6. The number of imide groups is 2. The number of ether oxygens (including phenoxy) is 2. The summed E-state index contributed by atoms with van der Waals surface area (Å²) in [6.45, 7) is 0.149. The van der Waals surface area contributed by atoms with Gasteiger partial charge in [0.05, 0.1) is 17.7 Å². The molecule has 1 atom stereocenters. The van der Waals surface area contributed by atoms with Gasteiger partial charge in [-0.3, -0.25) is 29.4 Å². The molecule has 29 heavy (non-hydrogen) atoms. The number of fused-ring (bicyclic) bond motifs is 1. The number of carboxylic acids is 1. The van der Waals surface area contributed by atoms with Crippen LogP contribution < -0.4 is 10.1 Å². The third-order valence-corrected chi connectivity index (χ3v) is 4.60. The number of benzene rings is 1. The summed E-state index contributed by atoms with van der Waals surface area (Å²) >= 11 is 0. The molecule has 4 amide bonds. The molecule has 1 fully saturated rings. The second-order valence-electron chi connectivity index (χ2n) is 6.63. The summed E-state index contributed by atoms with van der Waals surface area (Å²) in [7, 11) is 0. The highest BCUT2D eigenvalue weighted by atomic mass is 16.5. The Morgan fingerprint density at radius 3 is 2.62 bits per heavy atom. The SMILES string of the molecule is O=C(O)COCCCCOc1cccc2c1C(=O)N(C1CCC(=O)NC1=O)C2=O. The Morgan fingerprint density at radius 1 is 1.14 bits per heavy atom. The van der Waals surface area contributed by atoms with Crippen LogP contribution in [0.3, 0.4) is 0 Å². The predicted octanol–water partition coefficient (Wildman–Crippen LogP) is 0.348. The van der Waals surface area contributed by atoms with Crippen LogP contribution in [0.2, 0.25) is 0 Å². The van der Waals surface area contributed by atoms with Gasteiger partial charge < -0.3 is 14.6 Å². The maximum Gasteiger partial charge on any atom is 0.329 e. The molecule has 1 saturated heterocycles. The van der Waals surface area contributed by atoms with Crippen LogP contribution in [0.5, 0.6) is 5.75 Å². The third kappa shape index (κ3) is 4.43. The van der Waals surface area contributed by atoms with Crippen molar-refractivity contribution in [1.82, 2.24) is 10.2 Å². The van der Waals surface area contributed by atoms with Gasteiger partial charge in [-0.2, -0.15) is 0 Å². The molecule has 0 aliphatic carbocycles. The van der Waals surface area contributed by atoms with E-state index >= 15 is 0 Å². The van der Waals surface area contributed by atoms with Crippen molar-refractivity contribution in [1.29, 1.82) is 0 Å². The minimum atomic E-state index is -1.04. The molecule has 1 aromatic carbocycles. The first kappa shape index (κ1) is 20.5. The molecule has 3 rings (SSSR count). The van der Waals surface area contributed by atoms with Crippen molar-refractivity contribution in [2.75, 3.05) is 19.8 Å². The maximum absolute atomic E-state index is 12.9. The predicted molar refractivity (Wildman–Crippen MR) is 96.3 cm³/mol. The monoisotopic (exact) mass is 404 g/mol. The largest absolute Gasteiger partial charge is 0.493 e. The van der Waals surface area contributed by atoms with Gasteiger partial charge in [-0.05, 0) is 31.4 Å². The third-order valence-electron chi connectivity index (χ3n) is 4.60. The number of carboxylic acid groups (broad SMARTS) is 1. The van der Waals surface area contributed by atoms with Crippen molar-refractivity contribution in [2.45, 2.75) is 31.7 Å². The number of aliphatic carboxylic acids is 1. The van der Waals surface area contributed by atoms with Gasteiger partial charge in [0.25, 0.3) is 11.8 Å². The zero-order valence-electron chi connectivity index (χ0n) is 15.5. The first-order valence-electron chi connectivity index (χ1n) is 9.17. The summed E-state index contributed by atoms with van der Waals surface area (Å²) in [6, 6.07) is 3.62. The quantitative estimate of drug-likeness (QED) is 0.444. The van der Waals surface area contributed by atoms with E-state index < -0.39 is 35.6 Å². The lowest BCUT2D eigenvalue weighted by atomic mass is 10.0. The van der Waals surface area contributed by atoms with E-state index in [4.69, 9.17) is 14.6 Å². The summed E-state index contributed by atoms with van der Waals surface area (Å²) in [5.74, 6) is -3.11.